The first kappa shape index (κ1) is 12.6. The summed E-state index contributed by atoms with van der Waals surface area (Å²) >= 11 is 0. The van der Waals surface area contributed by atoms with Gasteiger partial charge in [-0.25, -0.2) is 0 Å². The molecule has 0 aromatic rings. The Balaban J connectivity index is 1.36. The van der Waals surface area contributed by atoms with Crippen molar-refractivity contribution >= 4 is 0 Å². The van der Waals surface area contributed by atoms with Crippen molar-refractivity contribution in [1.29, 1.82) is 0 Å². The van der Waals surface area contributed by atoms with Gasteiger partial charge in [0, 0.05) is 25.3 Å². The first-order valence-corrected chi connectivity index (χ1v) is 8.66. The summed E-state index contributed by atoms with van der Waals surface area (Å²) in [6.07, 6.45) is 10.2. The highest BCUT2D eigenvalue weighted by molar-refractivity contribution is 5.06. The van der Waals surface area contributed by atoms with Crippen molar-refractivity contribution in [3.63, 3.8) is 0 Å². The van der Waals surface area contributed by atoms with E-state index in [-0.39, 0.29) is 0 Å². The second-order valence-corrected chi connectivity index (χ2v) is 7.67. The molecule has 6 unspecified atom stereocenters. The Morgan fingerprint density at radius 1 is 0.947 bits per heavy atom. The molecule has 2 bridgehead atoms. The normalized spacial score (nSPS) is 47.5. The molecule has 0 radical (unpaired) electrons. The zero-order valence-electron chi connectivity index (χ0n) is 12.3. The van der Waals surface area contributed by atoms with Crippen molar-refractivity contribution in [2.24, 2.45) is 29.6 Å². The predicted octanol–water partition coefficient (Wildman–Crippen LogP) is 3.22. The van der Waals surface area contributed by atoms with Gasteiger partial charge in [0.15, 0.2) is 0 Å². The zero-order chi connectivity index (χ0) is 12.8. The van der Waals surface area contributed by atoms with Gasteiger partial charge in [-0.2, -0.15) is 0 Å². The summed E-state index contributed by atoms with van der Waals surface area (Å²) in [4.78, 5) is 0. The van der Waals surface area contributed by atoms with E-state index in [0.717, 1.165) is 48.8 Å². The molecule has 108 valence electrons. The third-order valence-electron chi connectivity index (χ3n) is 6.88. The molecule has 1 aliphatic heterocycles. The minimum atomic E-state index is 0.702. The molecule has 1 N–H and O–H groups in total. The van der Waals surface area contributed by atoms with Crippen LogP contribution in [0.4, 0.5) is 0 Å². The van der Waals surface area contributed by atoms with Crippen molar-refractivity contribution < 1.29 is 4.74 Å². The van der Waals surface area contributed by atoms with Gasteiger partial charge in [0.1, 0.15) is 0 Å². The molecule has 0 aromatic carbocycles. The predicted molar refractivity (Wildman–Crippen MR) is 77.0 cm³/mol. The third-order valence-corrected chi connectivity index (χ3v) is 6.88. The zero-order valence-corrected chi connectivity index (χ0v) is 12.3. The lowest BCUT2D eigenvalue weighted by Crippen LogP contribution is -2.47. The Morgan fingerprint density at radius 3 is 2.58 bits per heavy atom. The molecule has 3 aliphatic carbocycles. The standard InChI is InChI=1S/C17H29NO/c1-11(12-5-7-19-8-6-12)18-17-10-13-9-16(17)15-4-2-3-14(13)15/h11-18H,2-10H2,1H3. The number of fused-ring (bicyclic) bond motifs is 5. The number of nitrogens with one attached hydrogen (secondary N) is 1. The van der Waals surface area contributed by atoms with Crippen LogP contribution in [-0.4, -0.2) is 25.3 Å². The highest BCUT2D eigenvalue weighted by atomic mass is 16.5. The van der Waals surface area contributed by atoms with E-state index >= 15 is 0 Å². The van der Waals surface area contributed by atoms with Gasteiger partial charge in [-0.05, 0) is 75.0 Å². The van der Waals surface area contributed by atoms with Gasteiger partial charge < -0.3 is 10.1 Å². The number of hydrogen-bond acceptors (Lipinski definition) is 2. The first-order valence-electron chi connectivity index (χ1n) is 8.66. The van der Waals surface area contributed by atoms with Crippen LogP contribution in [0.15, 0.2) is 0 Å². The summed E-state index contributed by atoms with van der Waals surface area (Å²) in [5.41, 5.74) is 0. The van der Waals surface area contributed by atoms with E-state index in [1.54, 1.807) is 12.8 Å². The average molecular weight is 263 g/mol. The van der Waals surface area contributed by atoms with Crippen LogP contribution >= 0.6 is 0 Å². The van der Waals surface area contributed by atoms with Crippen LogP contribution in [0.1, 0.15) is 51.9 Å². The molecule has 1 saturated heterocycles. The maximum atomic E-state index is 5.50. The highest BCUT2D eigenvalue weighted by Crippen LogP contribution is 2.58. The van der Waals surface area contributed by atoms with Gasteiger partial charge >= 0.3 is 0 Å². The van der Waals surface area contributed by atoms with E-state index in [0.29, 0.717) is 6.04 Å². The molecule has 0 aromatic heterocycles. The Bertz CT molecular complexity index is 325. The molecule has 1 heterocycles. The monoisotopic (exact) mass is 263 g/mol. The lowest BCUT2D eigenvalue weighted by atomic mass is 9.78. The molecule has 4 fully saturated rings. The van der Waals surface area contributed by atoms with Crippen LogP contribution in [-0.2, 0) is 4.74 Å². The lowest BCUT2D eigenvalue weighted by Gasteiger charge is -2.37. The van der Waals surface area contributed by atoms with Gasteiger partial charge in [0.25, 0.3) is 0 Å². The van der Waals surface area contributed by atoms with Gasteiger partial charge in [0.05, 0.1) is 0 Å². The van der Waals surface area contributed by atoms with Crippen molar-refractivity contribution in [2.45, 2.75) is 64.0 Å². The number of rotatable bonds is 3. The third kappa shape index (κ3) is 2.15. The van der Waals surface area contributed by atoms with Crippen LogP contribution in [0.2, 0.25) is 0 Å². The van der Waals surface area contributed by atoms with Crippen LogP contribution in [0.25, 0.3) is 0 Å². The first-order chi connectivity index (χ1) is 9.33. The van der Waals surface area contributed by atoms with E-state index in [9.17, 15) is 0 Å². The van der Waals surface area contributed by atoms with Crippen molar-refractivity contribution in [3.05, 3.63) is 0 Å². The Hall–Kier alpha value is -0.0800. The van der Waals surface area contributed by atoms with Gasteiger partial charge in [-0.15, -0.1) is 0 Å². The topological polar surface area (TPSA) is 21.3 Å². The SMILES string of the molecule is CC(NC1CC2CC1C1CCCC21)C1CCOCC1. The summed E-state index contributed by atoms with van der Waals surface area (Å²) in [6, 6.07) is 1.55. The van der Waals surface area contributed by atoms with Crippen LogP contribution in [0.5, 0.6) is 0 Å². The molecule has 6 atom stereocenters. The van der Waals surface area contributed by atoms with Crippen molar-refractivity contribution in [3.8, 4) is 0 Å². The van der Waals surface area contributed by atoms with Crippen LogP contribution in [0.3, 0.4) is 0 Å². The molecule has 3 saturated carbocycles. The second kappa shape index (κ2) is 5.04. The highest BCUT2D eigenvalue weighted by Gasteiger charge is 2.53. The Labute approximate surface area is 117 Å². The summed E-state index contributed by atoms with van der Waals surface area (Å²) in [5, 5.41) is 4.04. The molecule has 0 amide bonds. The van der Waals surface area contributed by atoms with E-state index < -0.39 is 0 Å². The van der Waals surface area contributed by atoms with E-state index in [1.807, 2.05) is 0 Å². The fourth-order valence-electron chi connectivity index (χ4n) is 5.95. The molecule has 0 spiro atoms. The Kier molecular flexibility index (Phi) is 3.35. The molecule has 19 heavy (non-hydrogen) atoms. The maximum Gasteiger partial charge on any atom is 0.0469 e. The van der Waals surface area contributed by atoms with E-state index in [1.165, 1.54) is 32.1 Å². The number of hydrogen-bond donors (Lipinski definition) is 1. The molecule has 2 heteroatoms. The average Bonchev–Trinajstić information content (AvgIpc) is 3.11. The van der Waals surface area contributed by atoms with Crippen LogP contribution in [0, 0.1) is 29.6 Å². The fraction of sp³-hybridized carbons (Fsp3) is 1.00. The minimum Gasteiger partial charge on any atom is -0.381 e. The largest absolute Gasteiger partial charge is 0.381 e. The lowest BCUT2D eigenvalue weighted by molar-refractivity contribution is 0.0516. The summed E-state index contributed by atoms with van der Waals surface area (Å²) in [6.45, 7) is 4.39. The smallest absolute Gasteiger partial charge is 0.0469 e. The van der Waals surface area contributed by atoms with Gasteiger partial charge in [-0.1, -0.05) is 6.42 Å². The summed E-state index contributed by atoms with van der Waals surface area (Å²) < 4.78 is 5.50. The van der Waals surface area contributed by atoms with Gasteiger partial charge in [0.2, 0.25) is 0 Å². The molecule has 4 rings (SSSR count). The summed E-state index contributed by atoms with van der Waals surface area (Å²) in [5.74, 6) is 5.18. The van der Waals surface area contributed by atoms with Gasteiger partial charge in [-0.3, -0.25) is 0 Å². The van der Waals surface area contributed by atoms with Crippen LogP contribution < -0.4 is 5.32 Å². The molecule has 4 aliphatic rings. The Morgan fingerprint density at radius 2 is 1.74 bits per heavy atom. The van der Waals surface area contributed by atoms with E-state index in [4.69, 9.17) is 4.74 Å². The maximum absolute atomic E-state index is 5.50. The van der Waals surface area contributed by atoms with E-state index in [2.05, 4.69) is 12.2 Å². The van der Waals surface area contributed by atoms with Crippen molar-refractivity contribution in [1.82, 2.24) is 5.32 Å². The summed E-state index contributed by atoms with van der Waals surface area (Å²) in [7, 11) is 0. The molecule has 2 nitrogen and oxygen atoms in total. The minimum absolute atomic E-state index is 0.702. The fourth-order valence-corrected chi connectivity index (χ4v) is 5.95. The second-order valence-electron chi connectivity index (χ2n) is 7.67. The molecular weight excluding hydrogens is 234 g/mol. The van der Waals surface area contributed by atoms with Crippen molar-refractivity contribution in [2.75, 3.05) is 13.2 Å². The number of ether oxygens (including phenoxy) is 1. The quantitative estimate of drug-likeness (QED) is 0.844. The molecular formula is C17H29NO.